The number of aryl methyl sites for hydroxylation is 2. The molecule has 320 valence electrons. The van der Waals surface area contributed by atoms with Gasteiger partial charge in [-0.1, -0.05) is 187 Å². The van der Waals surface area contributed by atoms with Crippen molar-refractivity contribution in [1.82, 2.24) is 0 Å². The number of fused-ring (bicyclic) bond motifs is 5. The van der Waals surface area contributed by atoms with Gasteiger partial charge in [-0.3, -0.25) is 0 Å². The normalized spacial score (nSPS) is 15.2. The molecule has 2 nitrogen and oxygen atoms in total. The minimum Gasteiger partial charge on any atom is -0.376 e. The Labute approximate surface area is 387 Å². The third kappa shape index (κ3) is 7.12. The predicted octanol–water partition coefficient (Wildman–Crippen LogP) is 15.8. The van der Waals surface area contributed by atoms with Gasteiger partial charge in [-0.2, -0.15) is 0 Å². The van der Waals surface area contributed by atoms with Gasteiger partial charge in [0.05, 0.1) is 0 Å². The van der Waals surface area contributed by atoms with E-state index in [1.807, 2.05) is 0 Å². The van der Waals surface area contributed by atoms with Crippen LogP contribution in [0.1, 0.15) is 89.0 Å². The molecule has 8 aromatic rings. The van der Waals surface area contributed by atoms with Gasteiger partial charge in [0.1, 0.15) is 0 Å². The van der Waals surface area contributed by atoms with Crippen molar-refractivity contribution in [2.45, 2.75) is 90.9 Å². The number of benzene rings is 8. The topological polar surface area (TPSA) is 6.48 Å². The Hall–Kier alpha value is -6.58. The molecule has 0 unspecified atom stereocenters. The highest BCUT2D eigenvalue weighted by Crippen LogP contribution is 2.52. The van der Waals surface area contributed by atoms with Crippen LogP contribution in [0.4, 0.5) is 28.4 Å². The van der Waals surface area contributed by atoms with Crippen molar-refractivity contribution in [3.63, 3.8) is 0 Å². The van der Waals surface area contributed by atoms with E-state index in [2.05, 4.69) is 227 Å². The van der Waals surface area contributed by atoms with Gasteiger partial charge in [0.15, 0.2) is 0 Å². The molecular weight excluding hydrogens is 784 g/mol. The first-order chi connectivity index (χ1) is 31.6. The average molecular weight is 843 g/mol. The molecule has 3 heteroatoms. The molecule has 0 amide bonds. The lowest BCUT2D eigenvalue weighted by molar-refractivity contribution is 0.332. The highest BCUT2D eigenvalue weighted by atomic mass is 15.2. The predicted molar refractivity (Wildman–Crippen MR) is 280 cm³/mol. The maximum absolute atomic E-state index is 2.70. The van der Waals surface area contributed by atoms with Gasteiger partial charge in [0.2, 0.25) is 0 Å². The lowest BCUT2D eigenvalue weighted by Crippen LogP contribution is -2.62. The summed E-state index contributed by atoms with van der Waals surface area (Å²) in [6, 6.07) is 66.8. The van der Waals surface area contributed by atoms with Gasteiger partial charge in [0.25, 0.3) is 0 Å². The van der Waals surface area contributed by atoms with E-state index < -0.39 is 0 Å². The molecule has 0 saturated heterocycles. The third-order valence-electron chi connectivity index (χ3n) is 15.1. The Balaban J connectivity index is 1.24. The van der Waals surface area contributed by atoms with E-state index >= 15 is 0 Å². The minimum atomic E-state index is -0.0687. The highest BCUT2D eigenvalue weighted by molar-refractivity contribution is 6.93. The van der Waals surface area contributed by atoms with Gasteiger partial charge in [0, 0.05) is 34.0 Å². The molecule has 0 atom stereocenters. The van der Waals surface area contributed by atoms with Crippen molar-refractivity contribution >= 4 is 46.2 Å². The lowest BCUT2D eigenvalue weighted by atomic mass is 9.42. The first-order valence-electron chi connectivity index (χ1n) is 24.1. The summed E-state index contributed by atoms with van der Waals surface area (Å²) in [5, 5.41) is 0. The van der Waals surface area contributed by atoms with E-state index in [0.29, 0.717) is 0 Å². The fourth-order valence-corrected chi connectivity index (χ4v) is 11.3. The van der Waals surface area contributed by atoms with Crippen LogP contribution in [-0.4, -0.2) is 6.85 Å². The zero-order valence-electron chi connectivity index (χ0n) is 39.0. The van der Waals surface area contributed by atoms with Crippen LogP contribution in [0.25, 0.3) is 44.5 Å². The summed E-state index contributed by atoms with van der Waals surface area (Å²) in [5.41, 5.74) is 24.8. The van der Waals surface area contributed by atoms with E-state index in [0.717, 1.165) is 19.3 Å². The third-order valence-corrected chi connectivity index (χ3v) is 15.1. The van der Waals surface area contributed by atoms with Gasteiger partial charge >= 0.3 is 6.85 Å². The Morgan fingerprint density at radius 2 is 1.02 bits per heavy atom. The standard InChI is InChI=1S/C62H59BN2/c1-7-8-12-19-43-36-52-51-33-30-49(46-24-17-11-18-25-46)39-57(51)65(50-31-28-47(29-32-50)44-20-13-9-14-21-44)63-55-40-53-54(62(5,6)35-34-61(53,3)4)41-58(55)64(59(37-43)60(52)63)56-38-48(27-26-42(56)2)45-22-15-10-16-23-45/h9-11,13-18,20-33,36-41H,7-8,12,19,34-35H2,1-6H3. The monoisotopic (exact) mass is 842 g/mol. The summed E-state index contributed by atoms with van der Waals surface area (Å²) < 4.78 is 0. The van der Waals surface area contributed by atoms with Gasteiger partial charge in [-0.15, -0.1) is 0 Å². The first kappa shape index (κ1) is 41.2. The molecule has 2 heterocycles. The second-order valence-corrected chi connectivity index (χ2v) is 20.2. The van der Waals surface area contributed by atoms with Crippen LogP contribution >= 0.6 is 0 Å². The zero-order chi connectivity index (χ0) is 44.5. The van der Waals surface area contributed by atoms with E-state index in [4.69, 9.17) is 0 Å². The Morgan fingerprint density at radius 3 is 1.63 bits per heavy atom. The Bertz CT molecular complexity index is 3060. The van der Waals surface area contributed by atoms with Crippen LogP contribution in [0.2, 0.25) is 0 Å². The Morgan fingerprint density at radius 1 is 0.477 bits per heavy atom. The summed E-state index contributed by atoms with van der Waals surface area (Å²) in [4.78, 5) is 5.39. The van der Waals surface area contributed by atoms with Crippen molar-refractivity contribution in [1.29, 1.82) is 0 Å². The number of rotatable bonds is 9. The summed E-state index contributed by atoms with van der Waals surface area (Å²) >= 11 is 0. The number of anilines is 5. The number of hydrogen-bond donors (Lipinski definition) is 0. The molecule has 0 saturated carbocycles. The van der Waals surface area contributed by atoms with Crippen molar-refractivity contribution in [2.24, 2.45) is 0 Å². The fourth-order valence-electron chi connectivity index (χ4n) is 11.3. The van der Waals surface area contributed by atoms with Crippen molar-refractivity contribution in [3.05, 3.63) is 198 Å². The van der Waals surface area contributed by atoms with Gasteiger partial charge in [-0.05, 0) is 152 Å². The first-order valence-corrected chi connectivity index (χ1v) is 24.1. The largest absolute Gasteiger partial charge is 0.376 e. The molecule has 0 aromatic heterocycles. The summed E-state index contributed by atoms with van der Waals surface area (Å²) in [6.07, 6.45) is 6.97. The zero-order valence-corrected chi connectivity index (χ0v) is 39.0. The maximum atomic E-state index is 2.70. The van der Waals surface area contributed by atoms with Crippen molar-refractivity contribution in [3.8, 4) is 44.5 Å². The molecule has 0 N–H and O–H groups in total. The molecular formula is C62H59BN2. The molecule has 0 radical (unpaired) electrons. The molecule has 1 aliphatic carbocycles. The molecule has 0 spiro atoms. The van der Waals surface area contributed by atoms with E-state index in [1.54, 1.807) is 0 Å². The van der Waals surface area contributed by atoms with Crippen molar-refractivity contribution < 1.29 is 0 Å². The van der Waals surface area contributed by atoms with Crippen LogP contribution in [0.3, 0.4) is 0 Å². The Kier molecular flexibility index (Phi) is 10.2. The molecule has 2 aliphatic heterocycles. The molecule has 0 fully saturated rings. The number of hydrogen-bond acceptors (Lipinski definition) is 2. The molecule has 11 rings (SSSR count). The lowest BCUT2D eigenvalue weighted by Gasteiger charge is -2.49. The van der Waals surface area contributed by atoms with E-state index in [9.17, 15) is 0 Å². The second-order valence-electron chi connectivity index (χ2n) is 20.2. The summed E-state index contributed by atoms with van der Waals surface area (Å²) in [6.45, 7) is 14.5. The molecule has 3 aliphatic rings. The van der Waals surface area contributed by atoms with Crippen LogP contribution < -0.4 is 20.6 Å². The van der Waals surface area contributed by atoms with Crippen molar-refractivity contribution in [2.75, 3.05) is 9.71 Å². The number of unbranched alkanes of at least 4 members (excludes halogenated alkanes) is 2. The SMILES string of the molecule is CCCCCc1cc2c3c(c1)N(c1cc(-c4ccccc4)ccc1C)c1cc4c(cc1B3N(c1ccc(-c3ccccc3)cc1)c1cc(-c3ccccc3)ccc1-2)C(C)(C)CCC4(C)C. The highest BCUT2D eigenvalue weighted by Gasteiger charge is 2.48. The van der Waals surface area contributed by atoms with Crippen LogP contribution in [0, 0.1) is 6.92 Å². The maximum Gasteiger partial charge on any atom is 0.333 e. The second kappa shape index (κ2) is 16.1. The smallest absolute Gasteiger partial charge is 0.333 e. The van der Waals surface area contributed by atoms with Crippen LogP contribution in [0.15, 0.2) is 176 Å². The van der Waals surface area contributed by atoms with E-state index in [-0.39, 0.29) is 17.7 Å². The molecule has 8 aromatic carbocycles. The van der Waals surface area contributed by atoms with Crippen LogP contribution in [0.5, 0.6) is 0 Å². The summed E-state index contributed by atoms with van der Waals surface area (Å²) in [5.74, 6) is 0. The quantitative estimate of drug-likeness (QED) is 0.106. The summed E-state index contributed by atoms with van der Waals surface area (Å²) in [7, 11) is 0. The molecule has 0 bridgehead atoms. The minimum absolute atomic E-state index is 0.0370. The van der Waals surface area contributed by atoms with Gasteiger partial charge < -0.3 is 9.71 Å². The fraction of sp³-hybridized carbons (Fsp3) is 0.226. The average Bonchev–Trinajstić information content (AvgIpc) is 3.34. The molecule has 65 heavy (non-hydrogen) atoms. The van der Waals surface area contributed by atoms with E-state index in [1.165, 1.54) is 125 Å². The number of nitrogens with zero attached hydrogens (tertiary/aromatic N) is 2. The van der Waals surface area contributed by atoms with Gasteiger partial charge in [-0.25, -0.2) is 0 Å². The van der Waals surface area contributed by atoms with Crippen LogP contribution in [-0.2, 0) is 17.3 Å².